The number of carbonyl (C=O) groups excluding carboxylic acids is 1. The van der Waals surface area contributed by atoms with Gasteiger partial charge in [0.25, 0.3) is 5.91 Å². The van der Waals surface area contributed by atoms with Gasteiger partial charge in [0.05, 0.1) is 17.1 Å². The summed E-state index contributed by atoms with van der Waals surface area (Å²) < 4.78 is 5.82. The van der Waals surface area contributed by atoms with Crippen molar-refractivity contribution in [1.29, 1.82) is 0 Å². The molecule has 0 radical (unpaired) electrons. The van der Waals surface area contributed by atoms with Gasteiger partial charge in [-0.25, -0.2) is 0 Å². The summed E-state index contributed by atoms with van der Waals surface area (Å²) in [6, 6.07) is 10.3. The molecule has 3 rings (SSSR count). The van der Waals surface area contributed by atoms with Gasteiger partial charge in [-0.1, -0.05) is 24.3 Å². The molecule has 0 bridgehead atoms. The van der Waals surface area contributed by atoms with Gasteiger partial charge >= 0.3 is 0 Å². The third kappa shape index (κ3) is 4.69. The SMILES string of the molecule is Cc1ccsc1C(=O)NCc1ccccc1CN1C[C@@H](C)O[C@H](C)C1. The minimum absolute atomic E-state index is 0.0101. The molecule has 1 amide bonds. The summed E-state index contributed by atoms with van der Waals surface area (Å²) in [6.45, 7) is 9.55. The van der Waals surface area contributed by atoms with E-state index in [1.807, 2.05) is 24.4 Å². The highest BCUT2D eigenvalue weighted by molar-refractivity contribution is 7.12. The molecule has 134 valence electrons. The van der Waals surface area contributed by atoms with Crippen LogP contribution in [0.2, 0.25) is 0 Å². The van der Waals surface area contributed by atoms with Crippen molar-refractivity contribution >= 4 is 17.2 Å². The minimum atomic E-state index is 0.0101. The lowest BCUT2D eigenvalue weighted by molar-refractivity contribution is -0.0705. The predicted molar refractivity (Wildman–Crippen MR) is 102 cm³/mol. The molecule has 1 aromatic heterocycles. The molecule has 1 aromatic carbocycles. The third-order valence-electron chi connectivity index (χ3n) is 4.52. The van der Waals surface area contributed by atoms with Crippen molar-refractivity contribution in [2.75, 3.05) is 13.1 Å². The van der Waals surface area contributed by atoms with Crippen LogP contribution >= 0.6 is 11.3 Å². The molecule has 1 saturated heterocycles. The van der Waals surface area contributed by atoms with Crippen LogP contribution in [0, 0.1) is 6.92 Å². The van der Waals surface area contributed by atoms with Crippen molar-refractivity contribution in [2.45, 2.75) is 46.1 Å². The van der Waals surface area contributed by atoms with Crippen LogP contribution in [0.1, 0.15) is 40.2 Å². The fourth-order valence-corrected chi connectivity index (χ4v) is 4.24. The smallest absolute Gasteiger partial charge is 0.261 e. The lowest BCUT2D eigenvalue weighted by Crippen LogP contribution is -2.45. The number of thiophene rings is 1. The van der Waals surface area contributed by atoms with Gasteiger partial charge in [-0.15, -0.1) is 11.3 Å². The molecular weight excluding hydrogens is 332 g/mol. The number of ether oxygens (including phenoxy) is 1. The first-order chi connectivity index (χ1) is 12.0. The maximum absolute atomic E-state index is 12.4. The topological polar surface area (TPSA) is 41.6 Å². The van der Waals surface area contributed by atoms with Crippen molar-refractivity contribution in [3.05, 3.63) is 57.3 Å². The molecule has 5 heteroatoms. The van der Waals surface area contributed by atoms with E-state index in [1.165, 1.54) is 22.5 Å². The molecule has 1 N–H and O–H groups in total. The van der Waals surface area contributed by atoms with Gasteiger partial charge in [0.15, 0.2) is 0 Å². The summed E-state index contributed by atoms with van der Waals surface area (Å²) >= 11 is 1.49. The number of hydrogen-bond acceptors (Lipinski definition) is 4. The second-order valence-electron chi connectivity index (χ2n) is 6.84. The molecule has 2 heterocycles. The van der Waals surface area contributed by atoms with Crippen molar-refractivity contribution in [3.63, 3.8) is 0 Å². The maximum atomic E-state index is 12.4. The molecule has 0 spiro atoms. The Hall–Kier alpha value is -1.69. The lowest BCUT2D eigenvalue weighted by Gasteiger charge is -2.35. The zero-order valence-electron chi connectivity index (χ0n) is 15.1. The highest BCUT2D eigenvalue weighted by Gasteiger charge is 2.22. The van der Waals surface area contributed by atoms with E-state index in [0.29, 0.717) is 6.54 Å². The summed E-state index contributed by atoms with van der Waals surface area (Å²) in [5, 5.41) is 5.02. The molecule has 0 aliphatic carbocycles. The van der Waals surface area contributed by atoms with Gasteiger partial charge in [-0.3, -0.25) is 9.69 Å². The van der Waals surface area contributed by atoms with Gasteiger partial charge in [0.1, 0.15) is 0 Å². The minimum Gasteiger partial charge on any atom is -0.373 e. The van der Waals surface area contributed by atoms with E-state index in [2.05, 4.69) is 42.3 Å². The molecule has 0 saturated carbocycles. The van der Waals surface area contributed by atoms with Gasteiger partial charge < -0.3 is 10.1 Å². The Morgan fingerprint density at radius 1 is 1.20 bits per heavy atom. The molecule has 0 unspecified atom stereocenters. The second-order valence-corrected chi connectivity index (χ2v) is 7.75. The van der Waals surface area contributed by atoms with Crippen LogP contribution in [0.5, 0.6) is 0 Å². The van der Waals surface area contributed by atoms with Crippen LogP contribution in [0.4, 0.5) is 0 Å². The summed E-state index contributed by atoms with van der Waals surface area (Å²) in [4.78, 5) is 15.6. The Labute approximate surface area is 153 Å². The average Bonchev–Trinajstić information content (AvgIpc) is 2.99. The van der Waals surface area contributed by atoms with E-state index in [9.17, 15) is 4.79 Å². The van der Waals surface area contributed by atoms with E-state index in [1.54, 1.807) is 0 Å². The van der Waals surface area contributed by atoms with Gasteiger partial charge in [0.2, 0.25) is 0 Å². The molecule has 2 atom stereocenters. The first-order valence-corrected chi connectivity index (χ1v) is 9.67. The molecule has 25 heavy (non-hydrogen) atoms. The third-order valence-corrected chi connectivity index (χ3v) is 5.53. The van der Waals surface area contributed by atoms with E-state index in [0.717, 1.165) is 30.1 Å². The van der Waals surface area contributed by atoms with Crippen LogP contribution in [-0.4, -0.2) is 36.1 Å². The van der Waals surface area contributed by atoms with Crippen molar-refractivity contribution < 1.29 is 9.53 Å². The summed E-state index contributed by atoms with van der Waals surface area (Å²) in [5.41, 5.74) is 3.48. The molecular formula is C20H26N2O2S. The van der Waals surface area contributed by atoms with E-state index in [-0.39, 0.29) is 18.1 Å². The average molecular weight is 359 g/mol. The number of benzene rings is 1. The van der Waals surface area contributed by atoms with Crippen LogP contribution < -0.4 is 5.32 Å². The first-order valence-electron chi connectivity index (χ1n) is 8.80. The molecule has 1 aliphatic rings. The molecule has 4 nitrogen and oxygen atoms in total. The number of carbonyl (C=O) groups is 1. The lowest BCUT2D eigenvalue weighted by atomic mass is 10.1. The normalized spacial score (nSPS) is 21.2. The fraction of sp³-hybridized carbons (Fsp3) is 0.450. The van der Waals surface area contributed by atoms with E-state index < -0.39 is 0 Å². The Bertz CT molecular complexity index is 718. The summed E-state index contributed by atoms with van der Waals surface area (Å²) in [7, 11) is 0. The standard InChI is InChI=1S/C20H26N2O2S/c1-14-8-9-25-19(14)20(23)21-10-17-6-4-5-7-18(17)13-22-11-15(2)24-16(3)12-22/h4-9,15-16H,10-13H2,1-3H3,(H,21,23)/t15-,16-/m1/s1. The summed E-state index contributed by atoms with van der Waals surface area (Å²) in [6.07, 6.45) is 0.523. The quantitative estimate of drug-likeness (QED) is 0.888. The van der Waals surface area contributed by atoms with E-state index in [4.69, 9.17) is 4.74 Å². The number of rotatable bonds is 5. The maximum Gasteiger partial charge on any atom is 0.261 e. The fourth-order valence-electron chi connectivity index (χ4n) is 3.40. The van der Waals surface area contributed by atoms with Crippen molar-refractivity contribution in [1.82, 2.24) is 10.2 Å². The summed E-state index contributed by atoms with van der Waals surface area (Å²) in [5.74, 6) is 0.0101. The number of hydrogen-bond donors (Lipinski definition) is 1. The predicted octanol–water partition coefficient (Wildman–Crippen LogP) is 3.60. The molecule has 2 aromatic rings. The highest BCUT2D eigenvalue weighted by atomic mass is 32.1. The van der Waals surface area contributed by atoms with Gasteiger partial charge in [-0.05, 0) is 48.9 Å². The van der Waals surface area contributed by atoms with Crippen LogP contribution in [0.3, 0.4) is 0 Å². The van der Waals surface area contributed by atoms with Crippen LogP contribution in [-0.2, 0) is 17.8 Å². The Balaban J connectivity index is 1.65. The number of amides is 1. The van der Waals surface area contributed by atoms with Crippen LogP contribution in [0.25, 0.3) is 0 Å². The Morgan fingerprint density at radius 2 is 1.88 bits per heavy atom. The monoisotopic (exact) mass is 358 g/mol. The number of morpholine rings is 1. The van der Waals surface area contributed by atoms with Gasteiger partial charge in [0, 0.05) is 26.2 Å². The van der Waals surface area contributed by atoms with Gasteiger partial charge in [-0.2, -0.15) is 0 Å². The number of aryl methyl sites for hydroxylation is 1. The Morgan fingerprint density at radius 3 is 2.52 bits per heavy atom. The largest absolute Gasteiger partial charge is 0.373 e. The van der Waals surface area contributed by atoms with E-state index >= 15 is 0 Å². The molecule has 1 fully saturated rings. The first kappa shape index (κ1) is 18.1. The number of nitrogens with zero attached hydrogens (tertiary/aromatic N) is 1. The second kappa shape index (κ2) is 8.13. The highest BCUT2D eigenvalue weighted by Crippen LogP contribution is 2.18. The number of nitrogens with one attached hydrogen (secondary N) is 1. The Kier molecular flexibility index (Phi) is 5.89. The van der Waals surface area contributed by atoms with Crippen molar-refractivity contribution in [2.24, 2.45) is 0 Å². The van der Waals surface area contributed by atoms with Crippen molar-refractivity contribution in [3.8, 4) is 0 Å². The van der Waals surface area contributed by atoms with Crippen LogP contribution in [0.15, 0.2) is 35.7 Å². The molecule has 1 aliphatic heterocycles. The zero-order valence-corrected chi connectivity index (χ0v) is 15.9. The zero-order chi connectivity index (χ0) is 17.8.